The van der Waals surface area contributed by atoms with Crippen molar-refractivity contribution in [1.29, 1.82) is 0 Å². The molecule has 0 aliphatic carbocycles. The molecule has 0 radical (unpaired) electrons. The van der Waals surface area contributed by atoms with Gasteiger partial charge in [0.25, 0.3) is 0 Å². The highest BCUT2D eigenvalue weighted by atomic mass is 35.5. The first-order valence-corrected chi connectivity index (χ1v) is 5.53. The molecule has 0 spiro atoms. The maximum absolute atomic E-state index is 11.8. The van der Waals surface area contributed by atoms with Gasteiger partial charge in [-0.15, -0.1) is 0 Å². The first-order valence-electron chi connectivity index (χ1n) is 5.15. The summed E-state index contributed by atoms with van der Waals surface area (Å²) in [5.41, 5.74) is 6.24. The Morgan fingerprint density at radius 3 is 3.00 bits per heavy atom. The molecule has 0 aromatic heterocycles. The van der Waals surface area contributed by atoms with E-state index >= 15 is 0 Å². The van der Waals surface area contributed by atoms with Crippen LogP contribution in [0.4, 0.5) is 5.69 Å². The molecule has 1 atom stereocenters. The molecular formula is C11H12ClN3O2. The molecule has 1 aromatic rings. The lowest BCUT2D eigenvalue weighted by atomic mass is 10.1. The van der Waals surface area contributed by atoms with Crippen molar-refractivity contribution in [2.24, 2.45) is 16.8 Å². The standard InChI is InChI=1S/C11H12ClN3O2/c12-8-2-1-3-9(5-8)15-6-7(4-10(15)16)11(13)14-17/h1-3,5,7,17H,4,6H2,(H2,13,14). The quantitative estimate of drug-likeness (QED) is 0.362. The van der Waals surface area contributed by atoms with Crippen molar-refractivity contribution in [3.8, 4) is 0 Å². The van der Waals surface area contributed by atoms with Crippen LogP contribution in [0.15, 0.2) is 29.4 Å². The zero-order chi connectivity index (χ0) is 12.4. The van der Waals surface area contributed by atoms with E-state index in [0.29, 0.717) is 11.6 Å². The lowest BCUT2D eigenvalue weighted by Gasteiger charge is -2.16. The Morgan fingerprint density at radius 2 is 2.35 bits per heavy atom. The van der Waals surface area contributed by atoms with E-state index in [1.807, 2.05) is 0 Å². The number of rotatable bonds is 2. The molecule has 90 valence electrons. The molecule has 5 nitrogen and oxygen atoms in total. The highest BCUT2D eigenvalue weighted by Gasteiger charge is 2.33. The van der Waals surface area contributed by atoms with Crippen LogP contribution in [-0.2, 0) is 4.79 Å². The van der Waals surface area contributed by atoms with Gasteiger partial charge in [0.1, 0.15) is 5.84 Å². The van der Waals surface area contributed by atoms with Gasteiger partial charge in [-0.2, -0.15) is 0 Å². The van der Waals surface area contributed by atoms with Gasteiger partial charge in [-0.1, -0.05) is 22.8 Å². The fourth-order valence-electron chi connectivity index (χ4n) is 1.88. The number of halogens is 1. The average Bonchev–Trinajstić information content (AvgIpc) is 2.70. The topological polar surface area (TPSA) is 78.9 Å². The number of hydrogen-bond acceptors (Lipinski definition) is 3. The van der Waals surface area contributed by atoms with Crippen LogP contribution in [0.5, 0.6) is 0 Å². The maximum atomic E-state index is 11.8. The molecule has 1 aliphatic rings. The van der Waals surface area contributed by atoms with Crippen LogP contribution in [0.25, 0.3) is 0 Å². The van der Waals surface area contributed by atoms with Gasteiger partial charge in [0.05, 0.1) is 0 Å². The fourth-order valence-corrected chi connectivity index (χ4v) is 2.07. The van der Waals surface area contributed by atoms with E-state index in [0.717, 1.165) is 5.69 Å². The summed E-state index contributed by atoms with van der Waals surface area (Å²) >= 11 is 5.87. The molecule has 0 bridgehead atoms. The molecule has 1 aliphatic heterocycles. The smallest absolute Gasteiger partial charge is 0.227 e. The van der Waals surface area contributed by atoms with Gasteiger partial charge in [0.2, 0.25) is 5.91 Å². The Kier molecular flexibility index (Phi) is 3.19. The summed E-state index contributed by atoms with van der Waals surface area (Å²) in [6, 6.07) is 7.04. The van der Waals surface area contributed by atoms with E-state index in [2.05, 4.69) is 5.16 Å². The predicted octanol–water partition coefficient (Wildman–Crippen LogP) is 1.44. The number of amides is 1. The van der Waals surface area contributed by atoms with Crippen LogP contribution in [0.3, 0.4) is 0 Å². The summed E-state index contributed by atoms with van der Waals surface area (Å²) in [6.07, 6.45) is 0.252. The highest BCUT2D eigenvalue weighted by molar-refractivity contribution is 6.30. The molecule has 0 saturated carbocycles. The van der Waals surface area contributed by atoms with E-state index in [-0.39, 0.29) is 24.1 Å². The van der Waals surface area contributed by atoms with Gasteiger partial charge >= 0.3 is 0 Å². The average molecular weight is 254 g/mol. The molecule has 1 aromatic carbocycles. The molecule has 1 amide bonds. The van der Waals surface area contributed by atoms with Crippen molar-refractivity contribution < 1.29 is 10.0 Å². The van der Waals surface area contributed by atoms with Crippen LogP contribution in [0.2, 0.25) is 5.02 Å². The van der Waals surface area contributed by atoms with Gasteiger partial charge in [0, 0.05) is 29.6 Å². The number of benzene rings is 1. The summed E-state index contributed by atoms with van der Waals surface area (Å²) in [6.45, 7) is 0.412. The molecule has 1 fully saturated rings. The number of hydrogen-bond donors (Lipinski definition) is 2. The summed E-state index contributed by atoms with van der Waals surface area (Å²) in [7, 11) is 0. The third-order valence-electron chi connectivity index (χ3n) is 2.78. The molecule has 1 heterocycles. The Hall–Kier alpha value is -1.75. The molecular weight excluding hydrogens is 242 g/mol. The third-order valence-corrected chi connectivity index (χ3v) is 3.01. The second-order valence-electron chi connectivity index (χ2n) is 3.91. The lowest BCUT2D eigenvalue weighted by Crippen LogP contribution is -2.28. The Balaban J connectivity index is 2.21. The van der Waals surface area contributed by atoms with Crippen LogP contribution < -0.4 is 10.6 Å². The second-order valence-corrected chi connectivity index (χ2v) is 4.35. The second kappa shape index (κ2) is 4.63. The SMILES string of the molecule is N/C(=N\O)C1CC(=O)N(c2cccc(Cl)c2)C1. The van der Waals surface area contributed by atoms with Crippen LogP contribution in [-0.4, -0.2) is 23.5 Å². The van der Waals surface area contributed by atoms with E-state index in [1.54, 1.807) is 29.2 Å². The minimum absolute atomic E-state index is 0.0520. The molecule has 1 saturated heterocycles. The lowest BCUT2D eigenvalue weighted by molar-refractivity contribution is -0.117. The van der Waals surface area contributed by atoms with Crippen molar-refractivity contribution in [3.63, 3.8) is 0 Å². The predicted molar refractivity (Wildman–Crippen MR) is 65.3 cm³/mol. The number of carbonyl (C=O) groups excluding carboxylic acids is 1. The van der Waals surface area contributed by atoms with E-state index in [4.69, 9.17) is 22.5 Å². The number of amidine groups is 1. The van der Waals surface area contributed by atoms with Gasteiger partial charge in [0.15, 0.2) is 0 Å². The highest BCUT2D eigenvalue weighted by Crippen LogP contribution is 2.27. The third kappa shape index (κ3) is 2.34. The summed E-state index contributed by atoms with van der Waals surface area (Å²) in [5.74, 6) is -0.210. The number of anilines is 1. The molecule has 1 unspecified atom stereocenters. The van der Waals surface area contributed by atoms with Crippen molar-refractivity contribution in [3.05, 3.63) is 29.3 Å². The number of nitrogens with two attached hydrogens (primary N) is 1. The largest absolute Gasteiger partial charge is 0.409 e. The van der Waals surface area contributed by atoms with Crippen LogP contribution in [0, 0.1) is 5.92 Å². The first-order chi connectivity index (χ1) is 8.11. The van der Waals surface area contributed by atoms with Crippen LogP contribution >= 0.6 is 11.6 Å². The molecule has 2 rings (SSSR count). The summed E-state index contributed by atoms with van der Waals surface area (Å²) in [5, 5.41) is 12.1. The van der Waals surface area contributed by atoms with Crippen LogP contribution in [0.1, 0.15) is 6.42 Å². The number of nitrogens with zero attached hydrogens (tertiary/aromatic N) is 2. The van der Waals surface area contributed by atoms with Gasteiger partial charge < -0.3 is 15.8 Å². The van der Waals surface area contributed by atoms with Gasteiger partial charge in [-0.05, 0) is 18.2 Å². The Bertz CT molecular complexity index is 476. The van der Waals surface area contributed by atoms with E-state index in [9.17, 15) is 4.79 Å². The minimum atomic E-state index is -0.244. The fraction of sp³-hybridized carbons (Fsp3) is 0.273. The van der Waals surface area contributed by atoms with Crippen molar-refractivity contribution in [2.75, 3.05) is 11.4 Å². The monoisotopic (exact) mass is 253 g/mol. The summed E-state index contributed by atoms with van der Waals surface area (Å²) in [4.78, 5) is 13.4. The summed E-state index contributed by atoms with van der Waals surface area (Å²) < 4.78 is 0. The van der Waals surface area contributed by atoms with Crippen molar-refractivity contribution in [2.45, 2.75) is 6.42 Å². The zero-order valence-corrected chi connectivity index (χ0v) is 9.76. The van der Waals surface area contributed by atoms with Crippen molar-refractivity contribution >= 4 is 29.0 Å². The molecule has 3 N–H and O–H groups in total. The van der Waals surface area contributed by atoms with Gasteiger partial charge in [-0.3, -0.25) is 4.79 Å². The number of oxime groups is 1. The molecule has 17 heavy (non-hydrogen) atoms. The van der Waals surface area contributed by atoms with Gasteiger partial charge in [-0.25, -0.2) is 0 Å². The first kappa shape index (κ1) is 11.7. The maximum Gasteiger partial charge on any atom is 0.227 e. The number of carbonyl (C=O) groups is 1. The Labute approximate surface area is 103 Å². The van der Waals surface area contributed by atoms with Crippen molar-refractivity contribution in [1.82, 2.24) is 0 Å². The van der Waals surface area contributed by atoms with E-state index < -0.39 is 0 Å². The Morgan fingerprint density at radius 1 is 1.59 bits per heavy atom. The molecule has 6 heteroatoms. The zero-order valence-electron chi connectivity index (χ0n) is 9.01. The van der Waals surface area contributed by atoms with E-state index in [1.165, 1.54) is 0 Å². The normalized spacial score (nSPS) is 21.0. The minimum Gasteiger partial charge on any atom is -0.409 e.